The van der Waals surface area contributed by atoms with E-state index < -0.39 is 0 Å². The van der Waals surface area contributed by atoms with E-state index in [4.69, 9.17) is 0 Å². The van der Waals surface area contributed by atoms with E-state index in [9.17, 15) is 0 Å². The second kappa shape index (κ2) is 7.26. The third-order valence-electron chi connectivity index (χ3n) is 5.20. The second-order valence-electron chi connectivity index (χ2n) is 6.46. The van der Waals surface area contributed by atoms with E-state index >= 15 is 0 Å². The van der Waals surface area contributed by atoms with Crippen LogP contribution in [0.4, 0.5) is 0 Å². The van der Waals surface area contributed by atoms with Gasteiger partial charge >= 0.3 is 0 Å². The van der Waals surface area contributed by atoms with Gasteiger partial charge < -0.3 is 5.32 Å². The van der Waals surface area contributed by atoms with Crippen LogP contribution in [0.5, 0.6) is 0 Å². The van der Waals surface area contributed by atoms with Crippen LogP contribution in [0.3, 0.4) is 0 Å². The van der Waals surface area contributed by atoms with Crippen molar-refractivity contribution in [3.05, 3.63) is 34.9 Å². The zero-order valence-electron chi connectivity index (χ0n) is 13.7. The van der Waals surface area contributed by atoms with Crippen molar-refractivity contribution >= 4 is 0 Å². The summed E-state index contributed by atoms with van der Waals surface area (Å²) in [5.41, 5.74) is 4.48. The van der Waals surface area contributed by atoms with Crippen LogP contribution in [0.25, 0.3) is 0 Å². The van der Waals surface area contributed by atoms with E-state index in [1.54, 1.807) is 5.56 Å². The van der Waals surface area contributed by atoms with Gasteiger partial charge in [-0.2, -0.15) is 0 Å². The molecule has 3 unspecified atom stereocenters. The first kappa shape index (κ1) is 15.6. The molecule has 1 N–H and O–H groups in total. The van der Waals surface area contributed by atoms with Gasteiger partial charge in [-0.25, -0.2) is 0 Å². The lowest BCUT2D eigenvalue weighted by Crippen LogP contribution is -2.35. The van der Waals surface area contributed by atoms with Gasteiger partial charge in [-0.1, -0.05) is 57.7 Å². The summed E-state index contributed by atoms with van der Waals surface area (Å²) in [6, 6.07) is 7.29. The van der Waals surface area contributed by atoms with E-state index in [1.807, 2.05) is 0 Å². The van der Waals surface area contributed by atoms with Gasteiger partial charge in [-0.15, -0.1) is 0 Å². The quantitative estimate of drug-likeness (QED) is 0.780. The Morgan fingerprint density at radius 3 is 2.35 bits per heavy atom. The van der Waals surface area contributed by atoms with Gasteiger partial charge in [0.2, 0.25) is 0 Å². The van der Waals surface area contributed by atoms with Gasteiger partial charge in [0.05, 0.1) is 0 Å². The highest BCUT2D eigenvalue weighted by Crippen LogP contribution is 2.41. The van der Waals surface area contributed by atoms with Crippen LogP contribution >= 0.6 is 0 Å². The Labute approximate surface area is 125 Å². The second-order valence-corrected chi connectivity index (χ2v) is 6.46. The number of hydrogen-bond donors (Lipinski definition) is 1. The first-order chi connectivity index (χ1) is 9.69. The average molecular weight is 273 g/mol. The summed E-state index contributed by atoms with van der Waals surface area (Å²) in [7, 11) is 0. The molecule has 1 fully saturated rings. The monoisotopic (exact) mass is 273 g/mol. The lowest BCUT2D eigenvalue weighted by molar-refractivity contribution is 0.176. The van der Waals surface area contributed by atoms with Crippen molar-refractivity contribution in [3.63, 3.8) is 0 Å². The first-order valence-corrected chi connectivity index (χ1v) is 8.48. The number of nitrogens with one attached hydrogen (secondary N) is 1. The molecule has 1 aromatic rings. The highest BCUT2D eigenvalue weighted by molar-refractivity contribution is 5.36. The molecule has 0 spiro atoms. The minimum absolute atomic E-state index is 0.548. The smallest absolute Gasteiger partial charge is 0.0356 e. The third kappa shape index (κ3) is 3.25. The Hall–Kier alpha value is -0.820. The number of rotatable bonds is 5. The summed E-state index contributed by atoms with van der Waals surface area (Å²) in [5, 5.41) is 3.81. The molecule has 0 amide bonds. The van der Waals surface area contributed by atoms with Crippen LogP contribution in [0, 0.1) is 25.7 Å². The Balaban J connectivity index is 2.34. The summed E-state index contributed by atoms with van der Waals surface area (Å²) in [4.78, 5) is 0. The van der Waals surface area contributed by atoms with Crippen LogP contribution in [0.1, 0.15) is 68.7 Å². The van der Waals surface area contributed by atoms with Crippen LogP contribution in [-0.4, -0.2) is 6.54 Å². The topological polar surface area (TPSA) is 12.0 Å². The zero-order valence-corrected chi connectivity index (χ0v) is 13.7. The Bertz CT molecular complexity index is 404. The van der Waals surface area contributed by atoms with Crippen molar-refractivity contribution < 1.29 is 0 Å². The van der Waals surface area contributed by atoms with Crippen molar-refractivity contribution in [2.45, 2.75) is 65.8 Å². The van der Waals surface area contributed by atoms with E-state index in [1.165, 1.54) is 43.2 Å². The first-order valence-electron chi connectivity index (χ1n) is 8.48. The molecule has 2 rings (SSSR count). The molecule has 0 bridgehead atoms. The van der Waals surface area contributed by atoms with E-state index in [0.29, 0.717) is 6.04 Å². The van der Waals surface area contributed by atoms with Crippen molar-refractivity contribution in [1.82, 2.24) is 5.32 Å². The van der Waals surface area contributed by atoms with Crippen LogP contribution < -0.4 is 5.32 Å². The molecule has 3 atom stereocenters. The van der Waals surface area contributed by atoms with E-state index in [0.717, 1.165) is 18.4 Å². The van der Waals surface area contributed by atoms with Gasteiger partial charge in [0, 0.05) is 6.04 Å². The fraction of sp³-hybridized carbons (Fsp3) is 0.684. The molecule has 1 aliphatic carbocycles. The lowest BCUT2D eigenvalue weighted by Gasteiger charge is -2.38. The molecule has 0 radical (unpaired) electrons. The summed E-state index contributed by atoms with van der Waals surface area (Å²) >= 11 is 0. The molecule has 0 aromatic heterocycles. The molecule has 0 saturated heterocycles. The maximum atomic E-state index is 3.81. The van der Waals surface area contributed by atoms with E-state index in [2.05, 4.69) is 51.2 Å². The molecular weight excluding hydrogens is 242 g/mol. The molecule has 20 heavy (non-hydrogen) atoms. The maximum Gasteiger partial charge on any atom is 0.0356 e. The summed E-state index contributed by atoms with van der Waals surface area (Å²) in [6.07, 6.45) is 6.99. The zero-order chi connectivity index (χ0) is 14.5. The largest absolute Gasteiger partial charge is 0.310 e. The number of aryl methyl sites for hydroxylation is 2. The van der Waals surface area contributed by atoms with Gasteiger partial charge in [-0.05, 0) is 55.3 Å². The lowest BCUT2D eigenvalue weighted by atomic mass is 9.71. The highest BCUT2D eigenvalue weighted by Gasteiger charge is 2.32. The molecule has 1 saturated carbocycles. The molecule has 1 aromatic carbocycles. The van der Waals surface area contributed by atoms with Crippen molar-refractivity contribution in [1.29, 1.82) is 0 Å². The third-order valence-corrected chi connectivity index (χ3v) is 5.20. The Kier molecular flexibility index (Phi) is 5.65. The van der Waals surface area contributed by atoms with Crippen molar-refractivity contribution in [2.75, 3.05) is 6.54 Å². The predicted octanol–water partition coefficient (Wildman–Crippen LogP) is 5.17. The van der Waals surface area contributed by atoms with Gasteiger partial charge in [-0.3, -0.25) is 0 Å². The summed E-state index contributed by atoms with van der Waals surface area (Å²) in [5.74, 6) is 1.71. The molecule has 1 aliphatic rings. The Morgan fingerprint density at radius 1 is 1.10 bits per heavy atom. The van der Waals surface area contributed by atoms with Gasteiger partial charge in [0.25, 0.3) is 0 Å². The SMILES string of the molecule is CCNC(c1c(C)cccc1C)C1CCCCC1CC. The fourth-order valence-electron chi connectivity index (χ4n) is 4.19. The minimum Gasteiger partial charge on any atom is -0.310 e. The molecule has 0 aliphatic heterocycles. The van der Waals surface area contributed by atoms with E-state index in [-0.39, 0.29) is 0 Å². The molecule has 1 heteroatoms. The molecular formula is C19H31N. The van der Waals surface area contributed by atoms with Crippen molar-refractivity contribution in [2.24, 2.45) is 11.8 Å². The van der Waals surface area contributed by atoms with Gasteiger partial charge in [0.15, 0.2) is 0 Å². The van der Waals surface area contributed by atoms with Gasteiger partial charge in [0.1, 0.15) is 0 Å². The maximum absolute atomic E-state index is 3.81. The summed E-state index contributed by atoms with van der Waals surface area (Å²) < 4.78 is 0. The van der Waals surface area contributed by atoms with Crippen LogP contribution in [0.2, 0.25) is 0 Å². The molecule has 1 nitrogen and oxygen atoms in total. The number of hydrogen-bond acceptors (Lipinski definition) is 1. The fourth-order valence-corrected chi connectivity index (χ4v) is 4.19. The standard InChI is InChI=1S/C19H31N/c1-5-16-12-7-8-13-17(16)19(20-6-2)18-14(3)10-9-11-15(18)4/h9-11,16-17,19-20H,5-8,12-13H2,1-4H3. The number of benzene rings is 1. The van der Waals surface area contributed by atoms with Crippen LogP contribution in [-0.2, 0) is 0 Å². The normalized spacial score (nSPS) is 24.6. The summed E-state index contributed by atoms with van der Waals surface area (Å²) in [6.45, 7) is 10.2. The van der Waals surface area contributed by atoms with Crippen molar-refractivity contribution in [3.8, 4) is 0 Å². The Morgan fingerprint density at radius 2 is 1.75 bits per heavy atom. The average Bonchev–Trinajstić information content (AvgIpc) is 2.46. The molecule has 0 heterocycles. The predicted molar refractivity (Wildman–Crippen MR) is 88.1 cm³/mol. The van der Waals surface area contributed by atoms with Crippen LogP contribution in [0.15, 0.2) is 18.2 Å². The minimum atomic E-state index is 0.548. The highest BCUT2D eigenvalue weighted by atomic mass is 14.9. The molecule has 112 valence electrons.